The molecule has 1 unspecified atom stereocenters. The maximum absolute atomic E-state index is 12.8. The van der Waals surface area contributed by atoms with E-state index in [1.54, 1.807) is 0 Å². The molecule has 1 aromatic rings. The van der Waals surface area contributed by atoms with Gasteiger partial charge in [0.05, 0.1) is 5.69 Å². The Kier molecular flexibility index (Phi) is 6.70. The van der Waals surface area contributed by atoms with Crippen LogP contribution >= 0.6 is 23.1 Å². The first kappa shape index (κ1) is 25.3. The van der Waals surface area contributed by atoms with Crippen LogP contribution in [0.2, 0.25) is 0 Å². The summed E-state index contributed by atoms with van der Waals surface area (Å²) in [6.45, 7) is 10.5. The zero-order valence-corrected chi connectivity index (χ0v) is 22.2. The number of nitrogens with one attached hydrogen (secondary N) is 1. The first-order valence-electron chi connectivity index (χ1n) is 12.0. The molecule has 8 nitrogen and oxygen atoms in total. The van der Waals surface area contributed by atoms with Crippen LogP contribution in [0.5, 0.6) is 0 Å². The van der Waals surface area contributed by atoms with Crippen LogP contribution in [0.25, 0.3) is 0 Å². The number of rotatable bonds is 6. The molecule has 1 aromatic heterocycles. The Morgan fingerprint density at radius 2 is 2.03 bits per heavy atom. The summed E-state index contributed by atoms with van der Waals surface area (Å²) in [5.74, 6) is -0.236. The average molecular weight is 509 g/mol. The summed E-state index contributed by atoms with van der Waals surface area (Å²) in [5.41, 5.74) is 7.18. The van der Waals surface area contributed by atoms with Crippen LogP contribution in [0.1, 0.15) is 78.3 Å². The predicted molar refractivity (Wildman–Crippen MR) is 134 cm³/mol. The van der Waals surface area contributed by atoms with Gasteiger partial charge < -0.3 is 21.1 Å². The largest absolute Gasteiger partial charge is 0.480 e. The van der Waals surface area contributed by atoms with E-state index < -0.39 is 22.8 Å². The number of carboxylic acids is 1. The molecule has 0 aromatic carbocycles. The fraction of sp³-hybridized carbons (Fsp3) is 0.750. The highest BCUT2D eigenvalue weighted by Gasteiger charge is 2.64. The van der Waals surface area contributed by atoms with E-state index >= 15 is 0 Å². The molecule has 10 heteroatoms. The number of anilines is 1. The number of hydrogen-bond donors (Lipinski definition) is 3. The highest BCUT2D eigenvalue weighted by atomic mass is 32.2. The number of aromatic nitrogens is 1. The second kappa shape index (κ2) is 9.00. The third-order valence-corrected chi connectivity index (χ3v) is 10.1. The lowest BCUT2D eigenvalue weighted by Gasteiger charge is -2.43. The molecule has 0 spiro atoms. The Labute approximate surface area is 209 Å². The summed E-state index contributed by atoms with van der Waals surface area (Å²) in [5, 5.41) is 14.8. The number of fused-ring (bicyclic) bond motifs is 1. The molecule has 1 saturated carbocycles. The third-order valence-electron chi connectivity index (χ3n) is 7.87. The molecule has 6 atom stereocenters. The van der Waals surface area contributed by atoms with E-state index in [0.717, 1.165) is 31.4 Å². The molecule has 2 aliphatic heterocycles. The second-order valence-electron chi connectivity index (χ2n) is 11.5. The van der Waals surface area contributed by atoms with Crippen molar-refractivity contribution in [1.82, 2.24) is 15.2 Å². The summed E-state index contributed by atoms with van der Waals surface area (Å²) < 4.78 is -0.597. The average Bonchev–Trinajstić information content (AvgIpc) is 3.28. The number of hydrogen-bond acceptors (Lipinski definition) is 7. The van der Waals surface area contributed by atoms with Gasteiger partial charge in [0.15, 0.2) is 5.13 Å². The van der Waals surface area contributed by atoms with Gasteiger partial charge in [-0.15, -0.1) is 23.1 Å². The van der Waals surface area contributed by atoms with Crippen molar-refractivity contribution in [1.29, 1.82) is 0 Å². The Balaban J connectivity index is 1.37. The third kappa shape index (κ3) is 4.67. The van der Waals surface area contributed by atoms with E-state index in [0.29, 0.717) is 23.4 Å². The summed E-state index contributed by atoms with van der Waals surface area (Å²) in [6, 6.07) is -1.51. The van der Waals surface area contributed by atoms with E-state index in [2.05, 4.69) is 36.5 Å². The van der Waals surface area contributed by atoms with Crippen molar-refractivity contribution in [2.75, 3.05) is 5.73 Å². The van der Waals surface area contributed by atoms with Crippen LogP contribution in [0.15, 0.2) is 5.38 Å². The van der Waals surface area contributed by atoms with Gasteiger partial charge in [-0.3, -0.25) is 9.59 Å². The lowest BCUT2D eigenvalue weighted by atomic mass is 9.64. The van der Waals surface area contributed by atoms with Crippen molar-refractivity contribution in [3.63, 3.8) is 0 Å². The van der Waals surface area contributed by atoms with Gasteiger partial charge in [0.25, 0.3) is 0 Å². The minimum absolute atomic E-state index is 0.148. The Bertz CT molecular complexity index is 972. The van der Waals surface area contributed by atoms with Crippen molar-refractivity contribution in [2.45, 2.75) is 94.8 Å². The van der Waals surface area contributed by atoms with Gasteiger partial charge in [-0.2, -0.15) is 0 Å². The lowest BCUT2D eigenvalue weighted by Crippen LogP contribution is -2.70. The molecule has 0 bridgehead atoms. The van der Waals surface area contributed by atoms with E-state index in [-0.39, 0.29) is 28.5 Å². The predicted octanol–water partition coefficient (Wildman–Crippen LogP) is 3.68. The van der Waals surface area contributed by atoms with Crippen LogP contribution in [-0.4, -0.2) is 55.0 Å². The molecule has 0 radical (unpaired) electrons. The van der Waals surface area contributed by atoms with Gasteiger partial charge in [0, 0.05) is 22.5 Å². The van der Waals surface area contributed by atoms with Gasteiger partial charge in [-0.25, -0.2) is 9.78 Å². The first-order chi connectivity index (χ1) is 15.8. The molecule has 3 fully saturated rings. The molecule has 4 N–H and O–H groups in total. The second-order valence-corrected chi connectivity index (χ2v) is 14.2. The Morgan fingerprint density at radius 1 is 1.32 bits per heavy atom. The standard InChI is InChI=1S/C24H36N4O4S2/c1-23(2,3)13-8-6-12(14(10-13)15-11-33-22(25)26-15)7-9-16(29)27-17-19(30)28-18(21(31)32)24(4,5)34-20(17)28/h11-14,17-18,20H,6-10H2,1-5H3,(H2,25,26)(H,27,29)(H,31,32)/t12?,13-,14+,17-,18-,20+/m0/s1. The number of carboxylic acid groups (broad SMARTS) is 1. The maximum Gasteiger partial charge on any atom is 0.327 e. The number of nitrogen functional groups attached to an aromatic ring is 1. The molecule has 4 rings (SSSR count). The first-order valence-corrected chi connectivity index (χ1v) is 13.8. The fourth-order valence-corrected chi connectivity index (χ4v) is 8.16. The van der Waals surface area contributed by atoms with Gasteiger partial charge in [-0.1, -0.05) is 20.8 Å². The summed E-state index contributed by atoms with van der Waals surface area (Å²) >= 11 is 2.91. The van der Waals surface area contributed by atoms with Crippen molar-refractivity contribution in [2.24, 2.45) is 17.3 Å². The molecule has 1 aliphatic carbocycles. The van der Waals surface area contributed by atoms with Gasteiger partial charge in [0.2, 0.25) is 11.8 Å². The number of thiazole rings is 1. The fourth-order valence-electron chi connectivity index (χ4n) is 5.91. The molecular formula is C24H36N4O4S2. The minimum Gasteiger partial charge on any atom is -0.480 e. The smallest absolute Gasteiger partial charge is 0.327 e. The van der Waals surface area contributed by atoms with Gasteiger partial charge in [0.1, 0.15) is 17.5 Å². The monoisotopic (exact) mass is 508 g/mol. The SMILES string of the molecule is CC(C)(C)[C@H]1CCC(CCC(=O)N[C@H]2C(=O)N3[C@@H]2SC(C)(C)[C@@H]3C(=O)O)[C@H](c2csc(N)n2)C1. The molecule has 3 aliphatic rings. The molecule has 2 amide bonds. The summed E-state index contributed by atoms with van der Waals surface area (Å²) in [6.07, 6.45) is 4.29. The van der Waals surface area contributed by atoms with Crippen molar-refractivity contribution >= 4 is 46.0 Å². The number of carbonyl (C=O) groups is 3. The van der Waals surface area contributed by atoms with E-state index in [4.69, 9.17) is 5.73 Å². The van der Waals surface area contributed by atoms with E-state index in [1.165, 1.54) is 28.0 Å². The van der Waals surface area contributed by atoms with Crippen molar-refractivity contribution < 1.29 is 19.5 Å². The number of amides is 2. The Hall–Kier alpha value is -1.81. The number of aliphatic carboxylic acids is 1. The van der Waals surface area contributed by atoms with E-state index in [1.807, 2.05) is 13.8 Å². The molecular weight excluding hydrogens is 472 g/mol. The van der Waals surface area contributed by atoms with Crippen LogP contribution in [-0.2, 0) is 14.4 Å². The molecule has 34 heavy (non-hydrogen) atoms. The number of β-lactam (4-membered cyclic amide) rings is 1. The molecule has 3 heterocycles. The van der Waals surface area contributed by atoms with Crippen LogP contribution < -0.4 is 11.1 Å². The molecule has 2 saturated heterocycles. The minimum atomic E-state index is -1.00. The van der Waals surface area contributed by atoms with Crippen LogP contribution in [0.4, 0.5) is 5.13 Å². The van der Waals surface area contributed by atoms with Crippen LogP contribution in [0.3, 0.4) is 0 Å². The lowest BCUT2D eigenvalue weighted by molar-refractivity contribution is -0.161. The Morgan fingerprint density at radius 3 is 2.62 bits per heavy atom. The van der Waals surface area contributed by atoms with Crippen molar-refractivity contribution in [3.8, 4) is 0 Å². The quantitative estimate of drug-likeness (QED) is 0.500. The molecule has 188 valence electrons. The highest BCUT2D eigenvalue weighted by molar-refractivity contribution is 8.01. The van der Waals surface area contributed by atoms with Gasteiger partial charge in [-0.05, 0) is 56.8 Å². The van der Waals surface area contributed by atoms with Crippen LogP contribution in [0, 0.1) is 17.3 Å². The number of nitrogens with zero attached hydrogens (tertiary/aromatic N) is 2. The normalized spacial score (nSPS) is 32.7. The zero-order valence-electron chi connectivity index (χ0n) is 20.5. The summed E-state index contributed by atoms with van der Waals surface area (Å²) in [7, 11) is 0. The van der Waals surface area contributed by atoms with Crippen molar-refractivity contribution in [3.05, 3.63) is 11.1 Å². The zero-order chi connectivity index (χ0) is 25.0. The maximum atomic E-state index is 12.8. The summed E-state index contributed by atoms with van der Waals surface area (Å²) in [4.78, 5) is 43.2. The van der Waals surface area contributed by atoms with E-state index in [9.17, 15) is 19.5 Å². The topological polar surface area (TPSA) is 126 Å². The number of thioether (sulfide) groups is 1. The highest BCUT2D eigenvalue weighted by Crippen LogP contribution is 2.51. The number of carbonyl (C=O) groups excluding carboxylic acids is 2. The number of nitrogens with two attached hydrogens (primary N) is 1. The van der Waals surface area contributed by atoms with Gasteiger partial charge >= 0.3 is 5.97 Å².